The number of hydrogen-bond donors (Lipinski definition) is 1. The third-order valence-electron chi connectivity index (χ3n) is 6.02. The molecule has 3 aromatic rings. The lowest BCUT2D eigenvalue weighted by Crippen LogP contribution is -2.60. The molecule has 3 heterocycles. The van der Waals surface area contributed by atoms with Crippen LogP contribution in [0, 0.1) is 13.8 Å². The Morgan fingerprint density at radius 1 is 1.07 bits per heavy atom. The molecular weight excluding hydrogens is 364 g/mol. The lowest BCUT2D eigenvalue weighted by atomic mass is 9.80. The molecule has 6 nitrogen and oxygen atoms in total. The Morgan fingerprint density at radius 2 is 1.83 bits per heavy atom. The van der Waals surface area contributed by atoms with E-state index in [4.69, 9.17) is 4.52 Å². The highest BCUT2D eigenvalue weighted by Crippen LogP contribution is 2.47. The fraction of sp³-hybridized carbons (Fsp3) is 0.304. The highest BCUT2D eigenvalue weighted by atomic mass is 16.5. The van der Waals surface area contributed by atoms with Crippen molar-refractivity contribution in [3.63, 3.8) is 0 Å². The number of aromatic nitrogens is 1. The van der Waals surface area contributed by atoms with E-state index in [9.17, 15) is 5.11 Å². The van der Waals surface area contributed by atoms with Crippen LogP contribution in [0.3, 0.4) is 0 Å². The van der Waals surface area contributed by atoms with Crippen molar-refractivity contribution in [3.05, 3.63) is 71.1 Å². The van der Waals surface area contributed by atoms with Gasteiger partial charge in [0.1, 0.15) is 11.3 Å². The first-order valence-corrected chi connectivity index (χ1v) is 9.97. The van der Waals surface area contributed by atoms with Gasteiger partial charge in [0, 0.05) is 37.3 Å². The normalized spacial score (nSPS) is 21.8. The first kappa shape index (κ1) is 18.1. The zero-order chi connectivity index (χ0) is 20.0. The van der Waals surface area contributed by atoms with Gasteiger partial charge in [0.2, 0.25) is 0 Å². The minimum absolute atomic E-state index is 0.114. The van der Waals surface area contributed by atoms with Gasteiger partial charge in [0.05, 0.1) is 11.4 Å². The van der Waals surface area contributed by atoms with Gasteiger partial charge in [-0.25, -0.2) is 0 Å². The van der Waals surface area contributed by atoms with Crippen LogP contribution in [0.15, 0.2) is 58.0 Å². The number of aryl methyl sites for hydroxylation is 2. The van der Waals surface area contributed by atoms with Crippen molar-refractivity contribution in [2.45, 2.75) is 19.4 Å². The molecule has 1 unspecified atom stereocenters. The largest absolute Gasteiger partial charge is 0.860 e. The fourth-order valence-electron chi connectivity index (χ4n) is 4.73. The predicted molar refractivity (Wildman–Crippen MR) is 110 cm³/mol. The number of benzene rings is 2. The van der Waals surface area contributed by atoms with Crippen LogP contribution in [-0.2, 0) is 5.54 Å². The summed E-state index contributed by atoms with van der Waals surface area (Å²) >= 11 is 0. The summed E-state index contributed by atoms with van der Waals surface area (Å²) in [5, 5.41) is 21.0. The van der Waals surface area contributed by atoms with Crippen molar-refractivity contribution in [2.75, 3.05) is 26.2 Å². The van der Waals surface area contributed by atoms with Crippen molar-refractivity contribution in [3.8, 4) is 11.1 Å². The maximum Gasteiger partial charge on any atom is 0.141 e. The van der Waals surface area contributed by atoms with Crippen LogP contribution in [0.5, 0.6) is 0 Å². The van der Waals surface area contributed by atoms with Gasteiger partial charge in [-0.3, -0.25) is 9.89 Å². The van der Waals surface area contributed by atoms with E-state index in [1.165, 1.54) is 0 Å². The van der Waals surface area contributed by atoms with E-state index in [2.05, 4.69) is 26.4 Å². The van der Waals surface area contributed by atoms with Crippen LogP contribution >= 0.6 is 0 Å². The highest BCUT2D eigenvalue weighted by molar-refractivity contribution is 5.97. The topological polar surface area (TPSA) is 76.7 Å². The Kier molecular flexibility index (Phi) is 4.26. The first-order chi connectivity index (χ1) is 14.1. The van der Waals surface area contributed by atoms with Crippen molar-refractivity contribution < 1.29 is 9.63 Å². The Bertz CT molecular complexity index is 1060. The van der Waals surface area contributed by atoms with Crippen LogP contribution in [0.1, 0.15) is 22.6 Å². The number of fused-ring (bicyclic) bond motifs is 1. The average molecular weight is 387 g/mol. The van der Waals surface area contributed by atoms with Crippen molar-refractivity contribution in [1.82, 2.24) is 15.4 Å². The van der Waals surface area contributed by atoms with E-state index in [0.717, 1.165) is 65.6 Å². The van der Waals surface area contributed by atoms with Gasteiger partial charge < -0.3 is 14.9 Å². The van der Waals surface area contributed by atoms with Gasteiger partial charge in [0.25, 0.3) is 0 Å². The van der Waals surface area contributed by atoms with Gasteiger partial charge in [-0.1, -0.05) is 41.6 Å². The van der Waals surface area contributed by atoms with E-state index < -0.39 is 5.54 Å². The molecule has 29 heavy (non-hydrogen) atoms. The molecule has 1 atom stereocenters. The van der Waals surface area contributed by atoms with E-state index in [1.54, 1.807) is 0 Å². The second kappa shape index (κ2) is 6.83. The number of aliphatic imine (C=N–C) groups is 1. The molecule has 0 spiro atoms. The molecule has 1 N–H and O–H groups in total. The standard InChI is InChI=1S/C23H24N4O2/c1-15-21(16(2)29-26-15)17-8-9-20-19(14-17)23(22(28)25-20,18-6-4-3-5-7-18)27-12-10-24-11-13-27/h3-9,14,24H,10-13H2,1-2H3,(H,25,28)/p-1. The second-order valence-corrected chi connectivity index (χ2v) is 7.66. The molecule has 2 aliphatic rings. The maximum absolute atomic E-state index is 13.5. The van der Waals surface area contributed by atoms with Crippen LogP contribution in [0.2, 0.25) is 0 Å². The first-order valence-electron chi connectivity index (χ1n) is 9.97. The quantitative estimate of drug-likeness (QED) is 0.747. The van der Waals surface area contributed by atoms with Crippen LogP contribution in [0.4, 0.5) is 5.69 Å². The molecule has 1 aromatic heterocycles. The zero-order valence-corrected chi connectivity index (χ0v) is 16.6. The molecule has 0 amide bonds. The number of rotatable bonds is 3. The van der Waals surface area contributed by atoms with Crippen LogP contribution in [-0.4, -0.2) is 42.1 Å². The highest BCUT2D eigenvalue weighted by Gasteiger charge is 2.46. The smallest absolute Gasteiger partial charge is 0.141 e. The molecule has 2 aliphatic heterocycles. The van der Waals surface area contributed by atoms with E-state index >= 15 is 0 Å². The number of nitrogens with one attached hydrogen (secondary N) is 1. The molecule has 1 fully saturated rings. The zero-order valence-electron chi connectivity index (χ0n) is 16.6. The molecule has 2 aromatic carbocycles. The van der Waals surface area contributed by atoms with Crippen molar-refractivity contribution in [2.24, 2.45) is 4.99 Å². The lowest BCUT2D eigenvalue weighted by Gasteiger charge is -2.47. The van der Waals surface area contributed by atoms with E-state index in [-0.39, 0.29) is 5.90 Å². The van der Waals surface area contributed by atoms with Crippen molar-refractivity contribution >= 4 is 11.6 Å². The molecule has 0 bridgehead atoms. The molecule has 1 saturated heterocycles. The molecule has 0 aliphatic carbocycles. The molecule has 148 valence electrons. The second-order valence-electron chi connectivity index (χ2n) is 7.66. The Balaban J connectivity index is 1.75. The summed E-state index contributed by atoms with van der Waals surface area (Å²) in [6.45, 7) is 7.12. The monoisotopic (exact) mass is 387 g/mol. The SMILES string of the molecule is Cc1noc(C)c1-c1ccc2c(c1)C(c1ccccc1)(N1CCNCC1)C([O-])=N2. The van der Waals surface area contributed by atoms with Crippen LogP contribution in [0.25, 0.3) is 11.1 Å². The molecule has 5 rings (SSSR count). The third-order valence-corrected chi connectivity index (χ3v) is 6.02. The third kappa shape index (κ3) is 2.63. The summed E-state index contributed by atoms with van der Waals surface area (Å²) in [5.41, 5.74) is 4.57. The lowest BCUT2D eigenvalue weighted by molar-refractivity contribution is -0.230. The Morgan fingerprint density at radius 3 is 2.52 bits per heavy atom. The maximum atomic E-state index is 13.5. The minimum atomic E-state index is -0.895. The molecule has 0 radical (unpaired) electrons. The fourth-order valence-corrected chi connectivity index (χ4v) is 4.73. The van der Waals surface area contributed by atoms with Gasteiger partial charge >= 0.3 is 0 Å². The molecule has 6 heteroatoms. The Hall–Kier alpha value is -2.96. The number of nitrogens with zero attached hydrogens (tertiary/aromatic N) is 3. The van der Waals surface area contributed by atoms with Gasteiger partial charge in [-0.15, -0.1) is 0 Å². The summed E-state index contributed by atoms with van der Waals surface area (Å²) in [6.07, 6.45) is 0. The predicted octanol–water partition coefficient (Wildman–Crippen LogP) is 2.51. The number of piperazine rings is 1. The molecule has 0 saturated carbocycles. The molecular formula is C23H23N4O2-. The van der Waals surface area contributed by atoms with Crippen molar-refractivity contribution in [1.29, 1.82) is 0 Å². The minimum Gasteiger partial charge on any atom is -0.860 e. The van der Waals surface area contributed by atoms with Gasteiger partial charge in [-0.2, -0.15) is 0 Å². The summed E-state index contributed by atoms with van der Waals surface area (Å²) in [4.78, 5) is 6.76. The van der Waals surface area contributed by atoms with E-state index in [1.807, 2.05) is 56.3 Å². The average Bonchev–Trinajstić information content (AvgIpc) is 3.24. The summed E-state index contributed by atoms with van der Waals surface area (Å²) in [7, 11) is 0. The summed E-state index contributed by atoms with van der Waals surface area (Å²) in [6, 6.07) is 16.1. The summed E-state index contributed by atoms with van der Waals surface area (Å²) < 4.78 is 5.38. The number of hydrogen-bond acceptors (Lipinski definition) is 6. The van der Waals surface area contributed by atoms with E-state index in [0.29, 0.717) is 0 Å². The van der Waals surface area contributed by atoms with Gasteiger partial charge in [0.15, 0.2) is 0 Å². The van der Waals surface area contributed by atoms with Gasteiger partial charge in [-0.05, 0) is 43.0 Å². The van der Waals surface area contributed by atoms with Crippen LogP contribution < -0.4 is 10.4 Å². The summed E-state index contributed by atoms with van der Waals surface area (Å²) in [5.74, 6) is 0.660. The Labute approximate surface area is 169 Å².